The Balaban J connectivity index is 1.53. The number of aryl methyl sites for hydroxylation is 3. The van der Waals surface area contributed by atoms with Gasteiger partial charge in [-0.25, -0.2) is 0 Å². The van der Waals surface area contributed by atoms with Gasteiger partial charge in [-0.3, -0.25) is 14.5 Å². The highest BCUT2D eigenvalue weighted by molar-refractivity contribution is 7.80. The maximum Gasteiger partial charge on any atom is 0.281 e. The Morgan fingerprint density at radius 3 is 2.45 bits per heavy atom. The van der Waals surface area contributed by atoms with E-state index in [0.29, 0.717) is 17.4 Å². The van der Waals surface area contributed by atoms with E-state index in [-0.39, 0.29) is 11.8 Å². The average Bonchev–Trinajstić information content (AvgIpc) is 3.18. The monoisotopic (exact) mass is 528 g/mol. The van der Waals surface area contributed by atoms with E-state index in [1.165, 1.54) is 24.0 Å². The van der Waals surface area contributed by atoms with Gasteiger partial charge in [0.15, 0.2) is 5.11 Å². The molecule has 0 saturated carbocycles. The van der Waals surface area contributed by atoms with Crippen molar-refractivity contribution in [1.82, 2.24) is 14.4 Å². The van der Waals surface area contributed by atoms with Crippen molar-refractivity contribution in [2.75, 3.05) is 25.0 Å². The molecule has 0 bridgehead atoms. The van der Waals surface area contributed by atoms with Crippen molar-refractivity contribution in [2.45, 2.75) is 59.4 Å². The molecule has 1 aromatic heterocycles. The third-order valence-electron chi connectivity index (χ3n) is 7.96. The molecule has 7 heteroatoms. The van der Waals surface area contributed by atoms with Crippen LogP contribution in [0.15, 0.2) is 48.3 Å². The van der Waals surface area contributed by atoms with E-state index >= 15 is 0 Å². The van der Waals surface area contributed by atoms with Crippen LogP contribution in [-0.4, -0.2) is 51.4 Å². The molecular formula is C31H36N4O2S. The number of aromatic nitrogens is 1. The number of benzene rings is 2. The summed E-state index contributed by atoms with van der Waals surface area (Å²) in [6, 6.07) is 12.2. The molecule has 0 aliphatic carbocycles. The van der Waals surface area contributed by atoms with Crippen LogP contribution in [0.1, 0.15) is 54.9 Å². The maximum atomic E-state index is 13.7. The van der Waals surface area contributed by atoms with Gasteiger partial charge in [-0.2, -0.15) is 0 Å². The smallest absolute Gasteiger partial charge is 0.281 e. The van der Waals surface area contributed by atoms with E-state index in [4.69, 9.17) is 12.2 Å². The highest BCUT2D eigenvalue weighted by Gasteiger charge is 2.37. The molecule has 38 heavy (non-hydrogen) atoms. The zero-order valence-electron chi connectivity index (χ0n) is 22.8. The molecule has 0 unspecified atom stereocenters. The van der Waals surface area contributed by atoms with E-state index in [0.717, 1.165) is 60.1 Å². The Labute approximate surface area is 230 Å². The standard InChI is InChI=1S/C31H36N4O2S/c1-5-23-11-10-12-26-24(19-34(29(23)26)20-28(36)33-15-8-6-7-9-16-33)18-27-30(37)35(31(38)32(27)4)25-14-13-21(2)22(3)17-25/h10-14,17-19H,5-9,15-16,20H2,1-4H3/b27-18-. The number of amides is 2. The van der Waals surface area contributed by atoms with Crippen LogP contribution in [-0.2, 0) is 22.6 Å². The molecule has 0 radical (unpaired) electrons. The summed E-state index contributed by atoms with van der Waals surface area (Å²) in [4.78, 5) is 32.4. The predicted molar refractivity (Wildman–Crippen MR) is 158 cm³/mol. The highest BCUT2D eigenvalue weighted by Crippen LogP contribution is 2.32. The third-order valence-corrected chi connectivity index (χ3v) is 8.42. The summed E-state index contributed by atoms with van der Waals surface area (Å²) in [5.74, 6) is 0.0130. The molecular weight excluding hydrogens is 492 g/mol. The van der Waals surface area contributed by atoms with Gasteiger partial charge in [0, 0.05) is 37.3 Å². The molecule has 2 aliphatic rings. The lowest BCUT2D eigenvalue weighted by molar-refractivity contribution is -0.131. The summed E-state index contributed by atoms with van der Waals surface area (Å²) in [6.07, 6.45) is 9.33. The lowest BCUT2D eigenvalue weighted by atomic mass is 10.1. The number of hydrogen-bond donors (Lipinski definition) is 0. The first-order chi connectivity index (χ1) is 18.3. The first-order valence-electron chi connectivity index (χ1n) is 13.6. The first-order valence-corrected chi connectivity index (χ1v) is 14.0. The average molecular weight is 529 g/mol. The van der Waals surface area contributed by atoms with Gasteiger partial charge in [0.2, 0.25) is 5.91 Å². The van der Waals surface area contributed by atoms with E-state index < -0.39 is 0 Å². The van der Waals surface area contributed by atoms with Crippen molar-refractivity contribution in [3.63, 3.8) is 0 Å². The van der Waals surface area contributed by atoms with Crippen molar-refractivity contribution in [3.05, 3.63) is 70.5 Å². The molecule has 0 spiro atoms. The Hall–Kier alpha value is -3.45. The second kappa shape index (κ2) is 10.7. The van der Waals surface area contributed by atoms with Gasteiger partial charge >= 0.3 is 0 Å². The van der Waals surface area contributed by atoms with Gasteiger partial charge in [-0.05, 0) is 80.2 Å². The van der Waals surface area contributed by atoms with Gasteiger partial charge in [0.05, 0.1) is 11.2 Å². The second-order valence-corrected chi connectivity index (χ2v) is 10.8. The molecule has 2 amide bonds. The van der Waals surface area contributed by atoms with Crippen LogP contribution in [0.3, 0.4) is 0 Å². The van der Waals surface area contributed by atoms with E-state index in [1.807, 2.05) is 49.3 Å². The Morgan fingerprint density at radius 2 is 1.76 bits per heavy atom. The fourth-order valence-electron chi connectivity index (χ4n) is 5.55. The van der Waals surface area contributed by atoms with Gasteiger partial charge < -0.3 is 14.4 Å². The number of para-hydroxylation sites is 1. The molecule has 3 aromatic rings. The molecule has 6 nitrogen and oxygen atoms in total. The van der Waals surface area contributed by atoms with E-state index in [2.05, 4.69) is 36.6 Å². The number of likely N-dealkylation sites (tertiary alicyclic amines) is 1. The minimum Gasteiger partial charge on any atom is -0.341 e. The molecule has 2 saturated heterocycles. The minimum absolute atomic E-state index is 0.144. The number of carbonyl (C=O) groups is 2. The summed E-state index contributed by atoms with van der Waals surface area (Å²) in [6.45, 7) is 8.19. The Kier molecular flexibility index (Phi) is 7.39. The van der Waals surface area contributed by atoms with Crippen molar-refractivity contribution < 1.29 is 9.59 Å². The zero-order chi connectivity index (χ0) is 27.0. The fourth-order valence-corrected chi connectivity index (χ4v) is 5.84. The number of rotatable bonds is 5. The maximum absolute atomic E-state index is 13.7. The zero-order valence-corrected chi connectivity index (χ0v) is 23.6. The SMILES string of the molecule is CCc1cccc2c(/C=C3/C(=O)N(c4ccc(C)c(C)c4)C(=S)N3C)cn(CC(=O)N3CCCCCC3)c12. The van der Waals surface area contributed by atoms with Gasteiger partial charge in [-0.15, -0.1) is 0 Å². The number of nitrogens with zero attached hydrogens (tertiary/aromatic N) is 4. The van der Waals surface area contributed by atoms with E-state index in [1.54, 1.807) is 9.80 Å². The number of carbonyl (C=O) groups excluding carboxylic acids is 2. The summed E-state index contributed by atoms with van der Waals surface area (Å²) >= 11 is 5.71. The molecule has 0 N–H and O–H groups in total. The van der Waals surface area contributed by atoms with Crippen LogP contribution in [0, 0.1) is 13.8 Å². The number of thiocarbonyl (C=S) groups is 1. The van der Waals surface area contributed by atoms with Crippen molar-refractivity contribution in [2.24, 2.45) is 0 Å². The van der Waals surface area contributed by atoms with Crippen LogP contribution in [0.2, 0.25) is 0 Å². The molecule has 2 fully saturated rings. The van der Waals surface area contributed by atoms with Gasteiger partial charge in [0.25, 0.3) is 5.91 Å². The van der Waals surface area contributed by atoms with Crippen LogP contribution in [0.4, 0.5) is 5.69 Å². The molecule has 2 aliphatic heterocycles. The normalized spacial score (nSPS) is 17.7. The molecule has 3 heterocycles. The van der Waals surface area contributed by atoms with Crippen molar-refractivity contribution in [3.8, 4) is 0 Å². The van der Waals surface area contributed by atoms with Crippen molar-refractivity contribution >= 4 is 51.8 Å². The summed E-state index contributed by atoms with van der Waals surface area (Å²) in [5, 5.41) is 1.50. The number of likely N-dealkylation sites (N-methyl/N-ethyl adjacent to an activating group) is 1. The fraction of sp³-hybridized carbons (Fsp3) is 0.387. The first kappa shape index (κ1) is 26.2. The quantitative estimate of drug-likeness (QED) is 0.309. The highest BCUT2D eigenvalue weighted by atomic mass is 32.1. The minimum atomic E-state index is -0.144. The summed E-state index contributed by atoms with van der Waals surface area (Å²) in [5.41, 5.74) is 6.75. The predicted octanol–water partition coefficient (Wildman–Crippen LogP) is 5.83. The molecule has 2 aromatic carbocycles. The van der Waals surface area contributed by atoms with Gasteiger partial charge in [-0.1, -0.05) is 44.0 Å². The van der Waals surface area contributed by atoms with E-state index in [9.17, 15) is 9.59 Å². The molecule has 198 valence electrons. The molecule has 5 rings (SSSR count). The number of fused-ring (bicyclic) bond motifs is 1. The summed E-state index contributed by atoms with van der Waals surface area (Å²) < 4.78 is 2.08. The molecule has 0 atom stereocenters. The summed E-state index contributed by atoms with van der Waals surface area (Å²) in [7, 11) is 1.84. The number of anilines is 1. The van der Waals surface area contributed by atoms with Crippen LogP contribution in [0.25, 0.3) is 17.0 Å². The van der Waals surface area contributed by atoms with Crippen molar-refractivity contribution in [1.29, 1.82) is 0 Å². The van der Waals surface area contributed by atoms with Crippen LogP contribution in [0.5, 0.6) is 0 Å². The number of hydrogen-bond acceptors (Lipinski definition) is 3. The van der Waals surface area contributed by atoms with Crippen LogP contribution < -0.4 is 4.90 Å². The van der Waals surface area contributed by atoms with Gasteiger partial charge in [0.1, 0.15) is 12.2 Å². The third kappa shape index (κ3) is 4.75. The Bertz CT molecular complexity index is 1450. The topological polar surface area (TPSA) is 48.8 Å². The second-order valence-electron chi connectivity index (χ2n) is 10.5. The van der Waals surface area contributed by atoms with Crippen LogP contribution >= 0.6 is 12.2 Å². The lowest BCUT2D eigenvalue weighted by Crippen LogP contribution is -2.34. The largest absolute Gasteiger partial charge is 0.341 e. The lowest BCUT2D eigenvalue weighted by Gasteiger charge is -2.21. The Morgan fingerprint density at radius 1 is 1.03 bits per heavy atom.